The molecule has 136 valence electrons. The monoisotopic (exact) mass is 392 g/mol. The van der Waals surface area contributed by atoms with Gasteiger partial charge in [-0.15, -0.1) is 11.3 Å². The summed E-state index contributed by atoms with van der Waals surface area (Å²) in [7, 11) is -1.90. The summed E-state index contributed by atoms with van der Waals surface area (Å²) in [5.74, 6) is 0.460. The molecule has 3 rings (SSSR count). The molecule has 0 radical (unpaired) electrons. The van der Waals surface area contributed by atoms with Gasteiger partial charge in [0.1, 0.15) is 0 Å². The van der Waals surface area contributed by atoms with Crippen molar-refractivity contribution in [2.45, 2.75) is 6.54 Å². The van der Waals surface area contributed by atoms with E-state index in [4.69, 9.17) is 4.52 Å². The predicted octanol–water partition coefficient (Wildman–Crippen LogP) is 2.12. The summed E-state index contributed by atoms with van der Waals surface area (Å²) in [5, 5.41) is 8.48. The largest absolute Gasteiger partial charge is 0.343 e. The molecule has 26 heavy (non-hydrogen) atoms. The second kappa shape index (κ2) is 7.26. The molecule has 8 nitrogen and oxygen atoms in total. The zero-order valence-corrected chi connectivity index (χ0v) is 15.7. The Bertz CT molecular complexity index is 995. The summed E-state index contributed by atoms with van der Waals surface area (Å²) in [5.41, 5.74) is 0.871. The van der Waals surface area contributed by atoms with Crippen LogP contribution in [0.3, 0.4) is 0 Å². The first-order chi connectivity index (χ1) is 12.3. The van der Waals surface area contributed by atoms with E-state index in [1.54, 1.807) is 24.3 Å². The minimum atomic E-state index is -3.35. The van der Waals surface area contributed by atoms with E-state index >= 15 is 0 Å². The van der Waals surface area contributed by atoms with Gasteiger partial charge in [0.15, 0.2) is 0 Å². The lowest BCUT2D eigenvalue weighted by Gasteiger charge is -2.16. The van der Waals surface area contributed by atoms with Crippen LogP contribution in [0.25, 0.3) is 10.7 Å². The van der Waals surface area contributed by atoms with Crippen LogP contribution < -0.4 is 9.62 Å². The standard InChI is InChI=1S/C16H16N4O4S2/c1-20(26(2,22)23)12-7-5-11(6-8-12)16(21)17-10-14-18-15(19-24-14)13-4-3-9-25-13/h3-9H,10H2,1-2H3,(H,17,21). The third kappa shape index (κ3) is 4.09. The van der Waals surface area contributed by atoms with Gasteiger partial charge >= 0.3 is 0 Å². The van der Waals surface area contributed by atoms with Gasteiger partial charge in [0.25, 0.3) is 5.91 Å². The van der Waals surface area contributed by atoms with Crippen molar-refractivity contribution in [3.05, 3.63) is 53.2 Å². The van der Waals surface area contributed by atoms with Crippen molar-refractivity contribution in [1.82, 2.24) is 15.5 Å². The number of carbonyl (C=O) groups is 1. The van der Waals surface area contributed by atoms with Crippen LogP contribution in [0.15, 0.2) is 46.3 Å². The first-order valence-electron chi connectivity index (χ1n) is 7.53. The number of hydrogen-bond acceptors (Lipinski definition) is 7. The Kier molecular flexibility index (Phi) is 5.05. The molecular formula is C16H16N4O4S2. The fourth-order valence-corrected chi connectivity index (χ4v) is 3.26. The van der Waals surface area contributed by atoms with E-state index in [1.807, 2.05) is 17.5 Å². The second-order valence-corrected chi connectivity index (χ2v) is 8.41. The molecule has 0 aliphatic carbocycles. The number of hydrogen-bond donors (Lipinski definition) is 1. The summed E-state index contributed by atoms with van der Waals surface area (Å²) in [6.45, 7) is 0.0994. The molecule has 0 fully saturated rings. The molecule has 0 atom stereocenters. The van der Waals surface area contributed by atoms with Crippen LogP contribution in [0.1, 0.15) is 16.2 Å². The maximum atomic E-state index is 12.2. The number of sulfonamides is 1. The number of carbonyl (C=O) groups excluding carboxylic acids is 1. The van der Waals surface area contributed by atoms with Gasteiger partial charge in [-0.2, -0.15) is 4.98 Å². The van der Waals surface area contributed by atoms with Crippen molar-refractivity contribution in [2.75, 3.05) is 17.6 Å². The minimum absolute atomic E-state index is 0.0994. The Labute approximate surface area is 154 Å². The van der Waals surface area contributed by atoms with Gasteiger partial charge in [-0.3, -0.25) is 9.10 Å². The third-order valence-electron chi connectivity index (χ3n) is 3.60. The lowest BCUT2D eigenvalue weighted by Crippen LogP contribution is -2.25. The zero-order chi connectivity index (χ0) is 18.7. The normalized spacial score (nSPS) is 11.3. The lowest BCUT2D eigenvalue weighted by atomic mass is 10.2. The molecule has 0 bridgehead atoms. The highest BCUT2D eigenvalue weighted by Crippen LogP contribution is 2.21. The van der Waals surface area contributed by atoms with E-state index < -0.39 is 10.0 Å². The third-order valence-corrected chi connectivity index (χ3v) is 5.67. The van der Waals surface area contributed by atoms with Crippen LogP contribution in [-0.4, -0.2) is 37.8 Å². The van der Waals surface area contributed by atoms with Crippen molar-refractivity contribution >= 4 is 33.0 Å². The number of rotatable bonds is 6. The van der Waals surface area contributed by atoms with Gasteiger partial charge < -0.3 is 9.84 Å². The number of nitrogens with zero attached hydrogens (tertiary/aromatic N) is 3. The van der Waals surface area contributed by atoms with Crippen LogP contribution in [0, 0.1) is 0 Å². The summed E-state index contributed by atoms with van der Waals surface area (Å²) in [6.07, 6.45) is 1.11. The summed E-state index contributed by atoms with van der Waals surface area (Å²) < 4.78 is 29.3. The van der Waals surface area contributed by atoms with E-state index in [1.165, 1.54) is 18.4 Å². The van der Waals surface area contributed by atoms with E-state index in [9.17, 15) is 13.2 Å². The Morgan fingerprint density at radius 1 is 1.27 bits per heavy atom. The number of anilines is 1. The first kappa shape index (κ1) is 18.1. The van der Waals surface area contributed by atoms with Crippen LogP contribution in [0.4, 0.5) is 5.69 Å². The smallest absolute Gasteiger partial charge is 0.251 e. The molecule has 3 aromatic rings. The quantitative estimate of drug-likeness (QED) is 0.689. The van der Waals surface area contributed by atoms with Gasteiger partial charge in [-0.25, -0.2) is 8.42 Å². The topological polar surface area (TPSA) is 105 Å². The highest BCUT2D eigenvalue weighted by molar-refractivity contribution is 7.92. The molecule has 0 saturated carbocycles. The van der Waals surface area contributed by atoms with Crippen molar-refractivity contribution in [3.63, 3.8) is 0 Å². The number of aromatic nitrogens is 2. The molecule has 0 unspecified atom stereocenters. The van der Waals surface area contributed by atoms with Crippen molar-refractivity contribution < 1.29 is 17.7 Å². The Hall–Kier alpha value is -2.72. The maximum Gasteiger partial charge on any atom is 0.251 e. The summed E-state index contributed by atoms with van der Waals surface area (Å²) >= 11 is 1.50. The number of benzene rings is 1. The van der Waals surface area contributed by atoms with Crippen LogP contribution in [0.2, 0.25) is 0 Å². The summed E-state index contributed by atoms with van der Waals surface area (Å²) in [4.78, 5) is 17.3. The molecule has 10 heteroatoms. The van der Waals surface area contributed by atoms with Crippen molar-refractivity contribution in [1.29, 1.82) is 0 Å². The number of thiophene rings is 1. The maximum absolute atomic E-state index is 12.2. The average molecular weight is 392 g/mol. The highest BCUT2D eigenvalue weighted by Gasteiger charge is 2.14. The SMILES string of the molecule is CN(c1ccc(C(=O)NCc2nc(-c3cccs3)no2)cc1)S(C)(=O)=O. The molecule has 0 aliphatic rings. The molecule has 0 aliphatic heterocycles. The highest BCUT2D eigenvalue weighted by atomic mass is 32.2. The van der Waals surface area contributed by atoms with Gasteiger partial charge in [0, 0.05) is 12.6 Å². The van der Waals surface area contributed by atoms with Crippen LogP contribution >= 0.6 is 11.3 Å². The first-order valence-corrected chi connectivity index (χ1v) is 10.3. The molecule has 1 aromatic carbocycles. The van der Waals surface area contributed by atoms with E-state index in [-0.39, 0.29) is 12.5 Å². The Morgan fingerprint density at radius 3 is 2.62 bits per heavy atom. The number of amides is 1. The second-order valence-electron chi connectivity index (χ2n) is 5.45. The fraction of sp³-hybridized carbons (Fsp3) is 0.188. The molecule has 0 saturated heterocycles. The molecule has 1 amide bonds. The van der Waals surface area contributed by atoms with Crippen molar-refractivity contribution in [2.24, 2.45) is 0 Å². The Morgan fingerprint density at radius 2 is 2.00 bits per heavy atom. The molecule has 2 aromatic heterocycles. The van der Waals surface area contributed by atoms with Crippen LogP contribution in [-0.2, 0) is 16.6 Å². The van der Waals surface area contributed by atoms with E-state index in [0.717, 1.165) is 15.4 Å². The zero-order valence-electron chi connectivity index (χ0n) is 14.0. The molecular weight excluding hydrogens is 376 g/mol. The predicted molar refractivity (Wildman–Crippen MR) is 98.5 cm³/mol. The van der Waals surface area contributed by atoms with Gasteiger partial charge in [0.2, 0.25) is 21.7 Å². The van der Waals surface area contributed by atoms with Crippen LogP contribution in [0.5, 0.6) is 0 Å². The van der Waals surface area contributed by atoms with Gasteiger partial charge in [-0.1, -0.05) is 11.2 Å². The molecule has 1 N–H and O–H groups in total. The van der Waals surface area contributed by atoms with Gasteiger partial charge in [-0.05, 0) is 35.7 Å². The average Bonchev–Trinajstić information content (AvgIpc) is 3.29. The fourth-order valence-electron chi connectivity index (χ4n) is 2.10. The number of nitrogens with one attached hydrogen (secondary N) is 1. The van der Waals surface area contributed by atoms with E-state index in [2.05, 4.69) is 15.5 Å². The van der Waals surface area contributed by atoms with Crippen molar-refractivity contribution in [3.8, 4) is 10.7 Å². The Balaban J connectivity index is 1.62. The molecule has 2 heterocycles. The summed E-state index contributed by atoms with van der Waals surface area (Å²) in [6, 6.07) is 10.0. The minimum Gasteiger partial charge on any atom is -0.343 e. The van der Waals surface area contributed by atoms with Gasteiger partial charge in [0.05, 0.1) is 23.4 Å². The van der Waals surface area contributed by atoms with E-state index in [0.29, 0.717) is 23.0 Å². The molecule has 0 spiro atoms. The lowest BCUT2D eigenvalue weighted by molar-refractivity contribution is 0.0946.